The lowest BCUT2D eigenvalue weighted by atomic mass is 10.0. The Kier molecular flexibility index (Phi) is 27.3. The van der Waals surface area contributed by atoms with Crippen LogP contribution in [0.4, 0.5) is 4.79 Å². The second-order valence-electron chi connectivity index (χ2n) is 12.3. The fourth-order valence-electron chi connectivity index (χ4n) is 4.61. The molecule has 0 fully saturated rings. The quantitative estimate of drug-likeness (QED) is 0.0776. The van der Waals surface area contributed by atoms with Gasteiger partial charge in [0.05, 0.1) is 47.4 Å². The van der Waals surface area contributed by atoms with Gasteiger partial charge in [0.1, 0.15) is 12.7 Å². The van der Waals surface area contributed by atoms with Gasteiger partial charge in [-0.3, -0.25) is 0 Å². The fourth-order valence-corrected chi connectivity index (χ4v) is 4.61. The summed E-state index contributed by atoms with van der Waals surface area (Å²) >= 11 is 0. The average molecular weight is 691 g/mol. The number of nitrogens with zero attached hydrogens (tertiary/aromatic N) is 1. The van der Waals surface area contributed by atoms with Gasteiger partial charge in [-0.25, -0.2) is 4.79 Å². The first-order chi connectivity index (χ1) is 19.4. The summed E-state index contributed by atoms with van der Waals surface area (Å²) in [6, 6.07) is 10.1. The van der Waals surface area contributed by atoms with Gasteiger partial charge in [0, 0.05) is 6.61 Å². The number of unbranched alkanes of at least 4 members (excludes halogenated alkanes) is 15. The van der Waals surface area contributed by atoms with Crippen LogP contribution in [-0.4, -0.2) is 70.7 Å². The molecule has 1 N–H and O–H groups in total. The third-order valence-electron chi connectivity index (χ3n) is 7.23. The number of quaternary nitrogens is 1. The first-order valence-corrected chi connectivity index (χ1v) is 16.3. The summed E-state index contributed by atoms with van der Waals surface area (Å²) in [5, 5.41) is 2.82. The van der Waals surface area contributed by atoms with Crippen molar-refractivity contribution < 1.29 is 47.5 Å². The van der Waals surface area contributed by atoms with Crippen molar-refractivity contribution in [2.75, 3.05) is 54.1 Å². The number of benzene rings is 1. The van der Waals surface area contributed by atoms with Gasteiger partial charge in [-0.15, -0.1) is 0 Å². The molecule has 41 heavy (non-hydrogen) atoms. The number of alkyl carbamates (subject to hydrolysis) is 1. The normalized spacial score (nSPS) is 12.1. The van der Waals surface area contributed by atoms with Crippen molar-refractivity contribution in [3.8, 4) is 0 Å². The molecule has 0 aliphatic carbocycles. The van der Waals surface area contributed by atoms with Gasteiger partial charge in [-0.2, -0.15) is 0 Å². The van der Waals surface area contributed by atoms with Crippen molar-refractivity contribution in [2.45, 2.75) is 122 Å². The summed E-state index contributed by atoms with van der Waals surface area (Å²) < 4.78 is 18.2. The van der Waals surface area contributed by atoms with Crippen molar-refractivity contribution in [1.82, 2.24) is 5.32 Å². The Labute approximate surface area is 270 Å². The van der Waals surface area contributed by atoms with E-state index < -0.39 is 6.09 Å². The van der Waals surface area contributed by atoms with Crippen LogP contribution in [0, 0.1) is 0 Å². The van der Waals surface area contributed by atoms with Crippen molar-refractivity contribution >= 4 is 6.09 Å². The number of rotatable bonds is 27. The summed E-state index contributed by atoms with van der Waals surface area (Å²) in [7, 11) is 6.28. The van der Waals surface area contributed by atoms with E-state index in [1.54, 1.807) is 0 Å². The molecular formula is C34H63IN2O4. The number of carbonyl (C=O) groups excluding carboxylic acids is 1. The molecule has 0 saturated heterocycles. The van der Waals surface area contributed by atoms with Crippen molar-refractivity contribution in [3.63, 3.8) is 0 Å². The maximum absolute atomic E-state index is 12.1. The van der Waals surface area contributed by atoms with E-state index in [0.717, 1.165) is 29.6 Å². The third-order valence-corrected chi connectivity index (χ3v) is 7.23. The maximum Gasteiger partial charge on any atom is 0.407 e. The highest BCUT2D eigenvalue weighted by molar-refractivity contribution is 5.67. The first-order valence-electron chi connectivity index (χ1n) is 16.3. The zero-order chi connectivity index (χ0) is 29.2. The molecule has 0 aliphatic heterocycles. The van der Waals surface area contributed by atoms with Gasteiger partial charge in [-0.1, -0.05) is 134 Å². The Hall–Kier alpha value is -0.900. The number of nitrogens with one attached hydrogen (secondary N) is 1. The fraction of sp³-hybridized carbons (Fsp3) is 0.794. The number of hydrogen-bond donors (Lipinski definition) is 1. The summed E-state index contributed by atoms with van der Waals surface area (Å²) in [6.07, 6.45) is 21.1. The van der Waals surface area contributed by atoms with Crippen LogP contribution < -0.4 is 29.3 Å². The molecule has 1 unspecified atom stereocenters. The molecule has 0 aromatic heterocycles. The Morgan fingerprint density at radius 2 is 1.27 bits per heavy atom. The molecule has 6 nitrogen and oxygen atoms in total. The Balaban J connectivity index is 0.0000160. The van der Waals surface area contributed by atoms with E-state index >= 15 is 0 Å². The minimum Gasteiger partial charge on any atom is -1.00 e. The van der Waals surface area contributed by atoms with Crippen molar-refractivity contribution in [1.29, 1.82) is 0 Å². The molecule has 1 amide bonds. The Bertz CT molecular complexity index is 700. The minimum atomic E-state index is -0.403. The molecule has 0 bridgehead atoms. The van der Waals surface area contributed by atoms with Gasteiger partial charge in [0.25, 0.3) is 0 Å². The van der Waals surface area contributed by atoms with E-state index in [1.807, 2.05) is 30.3 Å². The monoisotopic (exact) mass is 690 g/mol. The zero-order valence-electron chi connectivity index (χ0n) is 27.0. The van der Waals surface area contributed by atoms with E-state index in [0.29, 0.717) is 19.8 Å². The smallest absolute Gasteiger partial charge is 0.407 e. The highest BCUT2D eigenvalue weighted by atomic mass is 127. The highest BCUT2D eigenvalue weighted by Gasteiger charge is 2.14. The predicted molar refractivity (Wildman–Crippen MR) is 168 cm³/mol. The number of likely N-dealkylation sites (N-methyl/N-ethyl adjacent to an activating group) is 1. The van der Waals surface area contributed by atoms with Crippen LogP contribution >= 0.6 is 0 Å². The number of carbonyl (C=O) groups is 1. The number of amides is 1. The topological polar surface area (TPSA) is 56.8 Å². The van der Waals surface area contributed by atoms with Crippen LogP contribution in [0.5, 0.6) is 0 Å². The Morgan fingerprint density at radius 3 is 1.78 bits per heavy atom. The summed E-state index contributed by atoms with van der Waals surface area (Å²) in [5.41, 5.74) is 1.10. The van der Waals surface area contributed by atoms with E-state index in [1.165, 1.54) is 96.3 Å². The molecule has 1 aromatic carbocycles. The van der Waals surface area contributed by atoms with Crippen LogP contribution in [0.25, 0.3) is 0 Å². The molecule has 7 heteroatoms. The number of halogens is 1. The lowest BCUT2D eigenvalue weighted by molar-refractivity contribution is -0.869. The van der Waals surface area contributed by atoms with E-state index in [4.69, 9.17) is 14.2 Å². The number of hydrogen-bond acceptors (Lipinski definition) is 4. The van der Waals surface area contributed by atoms with E-state index in [-0.39, 0.29) is 36.7 Å². The molecule has 1 atom stereocenters. The summed E-state index contributed by atoms with van der Waals surface area (Å²) in [6.45, 7) is 5.51. The van der Waals surface area contributed by atoms with Crippen LogP contribution in [0.2, 0.25) is 0 Å². The summed E-state index contributed by atoms with van der Waals surface area (Å²) in [5.74, 6) is 0. The van der Waals surface area contributed by atoms with Crippen molar-refractivity contribution in [2.24, 2.45) is 0 Å². The summed E-state index contributed by atoms with van der Waals surface area (Å²) in [4.78, 5) is 12.1. The molecule has 240 valence electrons. The minimum absolute atomic E-state index is 0. The molecule has 0 radical (unpaired) electrons. The SMILES string of the molecule is CCCCCCCCCCCCCCCCCCOCC(COC(=O)NCC[N+](C)(C)C)OCc1ccccc1.[I-]. The Morgan fingerprint density at radius 1 is 0.756 bits per heavy atom. The lowest BCUT2D eigenvalue weighted by Crippen LogP contribution is -3.00. The largest absolute Gasteiger partial charge is 1.00 e. The predicted octanol–water partition coefficient (Wildman–Crippen LogP) is 5.29. The lowest BCUT2D eigenvalue weighted by Gasteiger charge is -2.24. The number of ether oxygens (including phenoxy) is 3. The molecule has 0 aliphatic rings. The van der Waals surface area contributed by atoms with Crippen LogP contribution in [0.3, 0.4) is 0 Å². The standard InChI is InChI=1S/C34H62N2O4.HI/c1-5-6-7-8-9-10-11-12-13-14-15-16-17-18-19-23-28-38-30-33(39-29-32-24-21-20-22-25-32)31-40-34(37)35-26-27-36(2,3)4;/h20-22,24-25,33H,5-19,23,26-31H2,1-4H3;1H. The van der Waals surface area contributed by atoms with Crippen LogP contribution in [0.1, 0.15) is 115 Å². The van der Waals surface area contributed by atoms with Crippen LogP contribution in [-0.2, 0) is 20.8 Å². The molecule has 0 heterocycles. The van der Waals surface area contributed by atoms with Gasteiger partial charge < -0.3 is 48.0 Å². The molecular weight excluding hydrogens is 627 g/mol. The maximum atomic E-state index is 12.1. The van der Waals surface area contributed by atoms with Crippen molar-refractivity contribution in [3.05, 3.63) is 35.9 Å². The van der Waals surface area contributed by atoms with E-state index in [9.17, 15) is 4.79 Å². The van der Waals surface area contributed by atoms with Gasteiger partial charge >= 0.3 is 6.09 Å². The second kappa shape index (κ2) is 27.9. The van der Waals surface area contributed by atoms with Gasteiger partial charge in [0.2, 0.25) is 0 Å². The van der Waals surface area contributed by atoms with Gasteiger partial charge in [0.15, 0.2) is 0 Å². The zero-order valence-corrected chi connectivity index (χ0v) is 29.1. The second-order valence-corrected chi connectivity index (χ2v) is 12.3. The van der Waals surface area contributed by atoms with E-state index in [2.05, 4.69) is 33.4 Å². The van der Waals surface area contributed by atoms with Gasteiger partial charge in [-0.05, 0) is 12.0 Å². The average Bonchev–Trinajstić information content (AvgIpc) is 2.93. The molecule has 0 saturated carbocycles. The third kappa shape index (κ3) is 27.7. The first kappa shape index (κ1) is 40.1. The highest BCUT2D eigenvalue weighted by Crippen LogP contribution is 2.14. The molecule has 1 aromatic rings. The molecule has 1 rings (SSSR count). The van der Waals surface area contributed by atoms with Crippen LogP contribution in [0.15, 0.2) is 30.3 Å². The molecule has 0 spiro atoms.